The van der Waals surface area contributed by atoms with Crippen molar-refractivity contribution in [1.29, 1.82) is 0 Å². The third-order valence-corrected chi connectivity index (χ3v) is 3.52. The molecule has 114 valence electrons. The number of halogens is 1. The number of hydrogen-bond donors (Lipinski definition) is 2. The standard InChI is InChI=1S/C13H24N6.HI/c1-14-13(18-12-6-2-3-7-12)15-8-4-5-9-19-10-16-17-11-19;/h10-12H,2-9H2,1H3,(H2,14,15,18);1H. The Hall–Kier alpha value is -0.860. The first kappa shape index (κ1) is 17.2. The van der Waals surface area contributed by atoms with Gasteiger partial charge in [-0.15, -0.1) is 34.2 Å². The maximum Gasteiger partial charge on any atom is 0.191 e. The second kappa shape index (κ2) is 9.95. The molecule has 20 heavy (non-hydrogen) atoms. The van der Waals surface area contributed by atoms with Gasteiger partial charge in [-0.05, 0) is 25.7 Å². The van der Waals surface area contributed by atoms with E-state index >= 15 is 0 Å². The highest BCUT2D eigenvalue weighted by Gasteiger charge is 2.15. The molecule has 0 aromatic carbocycles. The molecule has 0 aliphatic heterocycles. The predicted octanol–water partition coefficient (Wildman–Crippen LogP) is 1.78. The minimum Gasteiger partial charge on any atom is -0.356 e. The average molecular weight is 392 g/mol. The van der Waals surface area contributed by atoms with Gasteiger partial charge in [0.1, 0.15) is 12.7 Å². The topological polar surface area (TPSA) is 67.1 Å². The lowest BCUT2D eigenvalue weighted by molar-refractivity contribution is 0.583. The van der Waals surface area contributed by atoms with Crippen LogP contribution in [-0.2, 0) is 6.54 Å². The van der Waals surface area contributed by atoms with Crippen molar-refractivity contribution in [2.24, 2.45) is 4.99 Å². The molecule has 0 atom stereocenters. The number of rotatable bonds is 6. The van der Waals surface area contributed by atoms with Crippen molar-refractivity contribution in [2.45, 2.75) is 51.1 Å². The Morgan fingerprint density at radius 1 is 1.25 bits per heavy atom. The van der Waals surface area contributed by atoms with Crippen LogP contribution in [0.1, 0.15) is 38.5 Å². The number of aromatic nitrogens is 3. The summed E-state index contributed by atoms with van der Waals surface area (Å²) in [6, 6.07) is 0.614. The van der Waals surface area contributed by atoms with Crippen molar-refractivity contribution in [3.05, 3.63) is 12.7 Å². The third-order valence-electron chi connectivity index (χ3n) is 3.52. The molecular weight excluding hydrogens is 367 g/mol. The molecule has 0 radical (unpaired) electrons. The van der Waals surface area contributed by atoms with E-state index in [4.69, 9.17) is 0 Å². The van der Waals surface area contributed by atoms with E-state index in [9.17, 15) is 0 Å². The Morgan fingerprint density at radius 3 is 2.60 bits per heavy atom. The number of guanidine groups is 1. The van der Waals surface area contributed by atoms with E-state index in [2.05, 4.69) is 25.8 Å². The summed E-state index contributed by atoms with van der Waals surface area (Å²) in [5.74, 6) is 0.941. The van der Waals surface area contributed by atoms with Crippen LogP contribution in [0.4, 0.5) is 0 Å². The van der Waals surface area contributed by atoms with Gasteiger partial charge in [-0.3, -0.25) is 4.99 Å². The third kappa shape index (κ3) is 6.06. The minimum absolute atomic E-state index is 0. The van der Waals surface area contributed by atoms with Gasteiger partial charge in [-0.1, -0.05) is 12.8 Å². The molecule has 2 N–H and O–H groups in total. The van der Waals surface area contributed by atoms with E-state index < -0.39 is 0 Å². The summed E-state index contributed by atoms with van der Waals surface area (Å²) < 4.78 is 2.01. The first-order valence-corrected chi connectivity index (χ1v) is 7.18. The summed E-state index contributed by atoms with van der Waals surface area (Å²) in [7, 11) is 1.83. The maximum atomic E-state index is 4.27. The van der Waals surface area contributed by atoms with Crippen LogP contribution in [0.2, 0.25) is 0 Å². The molecule has 1 heterocycles. The largest absolute Gasteiger partial charge is 0.356 e. The average Bonchev–Trinajstić information content (AvgIpc) is 3.10. The van der Waals surface area contributed by atoms with Gasteiger partial charge in [0.05, 0.1) is 0 Å². The van der Waals surface area contributed by atoms with E-state index in [1.165, 1.54) is 25.7 Å². The monoisotopic (exact) mass is 392 g/mol. The lowest BCUT2D eigenvalue weighted by atomic mass is 10.2. The highest BCUT2D eigenvalue weighted by molar-refractivity contribution is 14.0. The summed E-state index contributed by atoms with van der Waals surface area (Å²) >= 11 is 0. The zero-order chi connectivity index (χ0) is 13.3. The summed E-state index contributed by atoms with van der Waals surface area (Å²) in [5, 5.41) is 14.4. The van der Waals surface area contributed by atoms with Crippen molar-refractivity contribution < 1.29 is 0 Å². The molecule has 1 aromatic heterocycles. The van der Waals surface area contributed by atoms with Gasteiger partial charge in [-0.25, -0.2) is 0 Å². The fourth-order valence-electron chi connectivity index (χ4n) is 2.42. The van der Waals surface area contributed by atoms with Crippen molar-refractivity contribution in [1.82, 2.24) is 25.4 Å². The Morgan fingerprint density at radius 2 is 1.95 bits per heavy atom. The van der Waals surface area contributed by atoms with Crippen LogP contribution < -0.4 is 10.6 Å². The summed E-state index contributed by atoms with van der Waals surface area (Å²) in [4.78, 5) is 4.27. The molecule has 1 aromatic rings. The molecule has 7 heteroatoms. The quantitative estimate of drug-likeness (QED) is 0.335. The second-order valence-corrected chi connectivity index (χ2v) is 5.03. The number of nitrogens with zero attached hydrogens (tertiary/aromatic N) is 4. The summed E-state index contributed by atoms with van der Waals surface area (Å²) in [6.45, 7) is 1.93. The van der Waals surface area contributed by atoms with Crippen LogP contribution in [0.3, 0.4) is 0 Å². The second-order valence-electron chi connectivity index (χ2n) is 5.03. The minimum atomic E-state index is 0. The molecule has 0 bridgehead atoms. The van der Waals surface area contributed by atoms with Crippen LogP contribution in [-0.4, -0.2) is 40.4 Å². The maximum absolute atomic E-state index is 4.27. The van der Waals surface area contributed by atoms with Crippen molar-refractivity contribution in [2.75, 3.05) is 13.6 Å². The molecule has 1 aliphatic rings. The highest BCUT2D eigenvalue weighted by Crippen LogP contribution is 2.17. The van der Waals surface area contributed by atoms with Crippen molar-refractivity contribution in [3.8, 4) is 0 Å². The van der Waals surface area contributed by atoms with Crippen LogP contribution in [0.25, 0.3) is 0 Å². The molecule has 1 aliphatic carbocycles. The molecule has 6 nitrogen and oxygen atoms in total. The van der Waals surface area contributed by atoms with E-state index in [-0.39, 0.29) is 24.0 Å². The van der Waals surface area contributed by atoms with Crippen molar-refractivity contribution >= 4 is 29.9 Å². The zero-order valence-electron chi connectivity index (χ0n) is 12.1. The Bertz CT molecular complexity index is 372. The number of unbranched alkanes of at least 4 members (excludes halogenated alkanes) is 1. The van der Waals surface area contributed by atoms with Gasteiger partial charge in [0.2, 0.25) is 0 Å². The van der Waals surface area contributed by atoms with Crippen molar-refractivity contribution in [3.63, 3.8) is 0 Å². The molecule has 1 saturated carbocycles. The van der Waals surface area contributed by atoms with Crippen LogP contribution in [0.15, 0.2) is 17.6 Å². The molecule has 2 rings (SSSR count). The fraction of sp³-hybridized carbons (Fsp3) is 0.769. The normalized spacial score (nSPS) is 15.9. The number of hydrogen-bond acceptors (Lipinski definition) is 3. The molecule has 0 unspecified atom stereocenters. The van der Waals surface area contributed by atoms with E-state index in [0.29, 0.717) is 6.04 Å². The Balaban J connectivity index is 0.00000200. The van der Waals surface area contributed by atoms with Gasteiger partial charge >= 0.3 is 0 Å². The first-order chi connectivity index (χ1) is 9.38. The SMILES string of the molecule is CN=C(NCCCCn1cnnc1)NC1CCCC1.I. The smallest absolute Gasteiger partial charge is 0.191 e. The van der Waals surface area contributed by atoms with Crippen LogP contribution in [0.5, 0.6) is 0 Å². The fourth-order valence-corrected chi connectivity index (χ4v) is 2.42. The van der Waals surface area contributed by atoms with E-state index in [1.807, 2.05) is 11.6 Å². The molecule has 0 spiro atoms. The summed E-state index contributed by atoms with van der Waals surface area (Å²) in [6.07, 6.45) is 11.0. The van der Waals surface area contributed by atoms with Crippen LogP contribution in [0, 0.1) is 0 Å². The van der Waals surface area contributed by atoms with E-state index in [1.54, 1.807) is 12.7 Å². The zero-order valence-corrected chi connectivity index (χ0v) is 14.4. The Kier molecular flexibility index (Phi) is 8.56. The Labute approximate surface area is 137 Å². The molecule has 1 fully saturated rings. The molecular formula is C13H25IN6. The highest BCUT2D eigenvalue weighted by atomic mass is 127. The van der Waals surface area contributed by atoms with Gasteiger partial charge in [0.25, 0.3) is 0 Å². The van der Waals surface area contributed by atoms with Crippen LogP contribution >= 0.6 is 24.0 Å². The molecule has 0 amide bonds. The first-order valence-electron chi connectivity index (χ1n) is 7.18. The summed E-state index contributed by atoms with van der Waals surface area (Å²) in [5.41, 5.74) is 0. The molecule has 0 saturated heterocycles. The number of aryl methyl sites for hydroxylation is 1. The predicted molar refractivity (Wildman–Crippen MR) is 91.4 cm³/mol. The van der Waals surface area contributed by atoms with Gasteiger partial charge < -0.3 is 15.2 Å². The number of nitrogens with one attached hydrogen (secondary N) is 2. The lowest BCUT2D eigenvalue weighted by Gasteiger charge is -2.16. The van der Waals surface area contributed by atoms with Gasteiger partial charge in [-0.2, -0.15) is 0 Å². The van der Waals surface area contributed by atoms with E-state index in [0.717, 1.165) is 31.9 Å². The van der Waals surface area contributed by atoms with Gasteiger partial charge in [0.15, 0.2) is 5.96 Å². The lowest BCUT2D eigenvalue weighted by Crippen LogP contribution is -2.42. The van der Waals surface area contributed by atoms with Gasteiger partial charge in [0, 0.05) is 26.2 Å². The number of aliphatic imine (C=N–C) groups is 1.